The lowest BCUT2D eigenvalue weighted by atomic mass is 10.3. The number of thiazole rings is 1. The Morgan fingerprint density at radius 3 is 2.53 bits per heavy atom. The molecule has 1 aromatic heterocycles. The van der Waals surface area contributed by atoms with Crippen molar-refractivity contribution in [2.45, 2.75) is 31.0 Å². The van der Waals surface area contributed by atoms with E-state index in [9.17, 15) is 13.2 Å². The van der Waals surface area contributed by atoms with Gasteiger partial charge in [-0.15, -0.1) is 0 Å². The summed E-state index contributed by atoms with van der Waals surface area (Å²) < 4.78 is 26.4. The first-order valence-corrected chi connectivity index (χ1v) is 8.42. The summed E-state index contributed by atoms with van der Waals surface area (Å²) in [7, 11) is -3.76. The summed E-state index contributed by atoms with van der Waals surface area (Å²) in [6.45, 7) is 6.26. The van der Waals surface area contributed by atoms with E-state index in [2.05, 4.69) is 9.71 Å². The largest absolute Gasteiger partial charge is 0.342 e. The molecule has 0 saturated heterocycles. The first kappa shape index (κ1) is 16.4. The highest BCUT2D eigenvalue weighted by Crippen LogP contribution is 2.22. The molecular formula is C10H16ClN3O3S2. The maximum atomic E-state index is 12.0. The van der Waals surface area contributed by atoms with Crippen LogP contribution in [0, 0.1) is 0 Å². The lowest BCUT2D eigenvalue weighted by Gasteiger charge is -2.23. The van der Waals surface area contributed by atoms with E-state index in [-0.39, 0.29) is 14.6 Å². The van der Waals surface area contributed by atoms with E-state index in [1.165, 1.54) is 13.1 Å². The van der Waals surface area contributed by atoms with Gasteiger partial charge in [0.05, 0.1) is 12.2 Å². The molecule has 0 aliphatic rings. The molecule has 0 spiro atoms. The number of halogens is 1. The fraction of sp³-hybridized carbons (Fsp3) is 0.600. The maximum Gasteiger partial charge on any atom is 0.252 e. The van der Waals surface area contributed by atoms with E-state index >= 15 is 0 Å². The molecule has 1 aromatic rings. The SMILES string of the molecule is CCN(CC)C(=O)C(C)NS(=O)(=O)c1cnc(Cl)s1. The molecular weight excluding hydrogens is 310 g/mol. The van der Waals surface area contributed by atoms with Crippen LogP contribution in [0.15, 0.2) is 10.4 Å². The zero-order chi connectivity index (χ0) is 14.6. The molecule has 0 fully saturated rings. The van der Waals surface area contributed by atoms with E-state index in [0.717, 1.165) is 11.3 Å². The predicted molar refractivity (Wildman–Crippen MR) is 74.8 cm³/mol. The van der Waals surface area contributed by atoms with Crippen molar-refractivity contribution in [3.63, 3.8) is 0 Å². The van der Waals surface area contributed by atoms with Gasteiger partial charge >= 0.3 is 0 Å². The molecule has 1 unspecified atom stereocenters. The summed E-state index contributed by atoms with van der Waals surface area (Å²) >= 11 is 6.45. The Kier molecular flexibility index (Phi) is 5.72. The Morgan fingerprint density at radius 2 is 2.11 bits per heavy atom. The van der Waals surface area contributed by atoms with Crippen LogP contribution in [-0.2, 0) is 14.8 Å². The fourth-order valence-electron chi connectivity index (χ4n) is 1.51. The van der Waals surface area contributed by atoms with Crippen molar-refractivity contribution in [3.8, 4) is 0 Å². The van der Waals surface area contributed by atoms with Crippen LogP contribution in [-0.4, -0.2) is 43.3 Å². The van der Waals surface area contributed by atoms with Crippen molar-refractivity contribution in [2.75, 3.05) is 13.1 Å². The third-order valence-corrected chi connectivity index (χ3v) is 5.62. The molecule has 0 aliphatic carbocycles. The van der Waals surface area contributed by atoms with Gasteiger partial charge in [0.1, 0.15) is 0 Å². The van der Waals surface area contributed by atoms with Gasteiger partial charge in [0.25, 0.3) is 10.0 Å². The molecule has 6 nitrogen and oxygen atoms in total. The van der Waals surface area contributed by atoms with E-state index in [1.807, 2.05) is 13.8 Å². The average Bonchev–Trinajstić information content (AvgIpc) is 2.77. The van der Waals surface area contributed by atoms with E-state index in [0.29, 0.717) is 13.1 Å². The third kappa shape index (κ3) is 4.13. The number of hydrogen-bond donors (Lipinski definition) is 1. The topological polar surface area (TPSA) is 79.4 Å². The Morgan fingerprint density at radius 1 is 1.53 bits per heavy atom. The van der Waals surface area contributed by atoms with Crippen LogP contribution in [0.1, 0.15) is 20.8 Å². The molecule has 0 aromatic carbocycles. The van der Waals surface area contributed by atoms with Gasteiger partial charge in [0.15, 0.2) is 8.68 Å². The van der Waals surface area contributed by atoms with Gasteiger partial charge in [0, 0.05) is 13.1 Å². The third-order valence-electron chi connectivity index (χ3n) is 2.50. The summed E-state index contributed by atoms with van der Waals surface area (Å²) in [5, 5.41) is 0. The van der Waals surface area contributed by atoms with Crippen LogP contribution in [0.2, 0.25) is 4.47 Å². The van der Waals surface area contributed by atoms with Crippen LogP contribution in [0.4, 0.5) is 0 Å². The summed E-state index contributed by atoms with van der Waals surface area (Å²) in [6, 6.07) is -0.828. The van der Waals surface area contributed by atoms with E-state index in [1.54, 1.807) is 4.90 Å². The lowest BCUT2D eigenvalue weighted by molar-refractivity contribution is -0.132. The van der Waals surface area contributed by atoms with Crippen LogP contribution in [0.25, 0.3) is 0 Å². The minimum absolute atomic E-state index is 0.00306. The minimum atomic E-state index is -3.76. The second kappa shape index (κ2) is 6.65. The highest BCUT2D eigenvalue weighted by atomic mass is 35.5. The van der Waals surface area contributed by atoms with Crippen LogP contribution in [0.3, 0.4) is 0 Å². The van der Waals surface area contributed by atoms with Crippen LogP contribution >= 0.6 is 22.9 Å². The monoisotopic (exact) mass is 325 g/mol. The molecule has 1 heterocycles. The zero-order valence-electron chi connectivity index (χ0n) is 10.9. The molecule has 19 heavy (non-hydrogen) atoms. The average molecular weight is 326 g/mol. The number of nitrogens with one attached hydrogen (secondary N) is 1. The Labute approximate surface area is 121 Å². The normalized spacial score (nSPS) is 13.3. The van der Waals surface area contributed by atoms with Gasteiger partial charge in [0.2, 0.25) is 5.91 Å². The van der Waals surface area contributed by atoms with Gasteiger partial charge in [-0.1, -0.05) is 22.9 Å². The van der Waals surface area contributed by atoms with Crippen molar-refractivity contribution in [2.24, 2.45) is 0 Å². The maximum absolute atomic E-state index is 12.0. The standard InChI is InChI=1S/C10H16ClN3O3S2/c1-4-14(5-2)9(15)7(3)13-19(16,17)8-6-12-10(11)18-8/h6-7,13H,4-5H2,1-3H3. The first-order chi connectivity index (χ1) is 8.81. The Bertz CT molecular complexity index is 540. The van der Waals surface area contributed by atoms with Gasteiger partial charge in [-0.3, -0.25) is 4.79 Å². The number of amides is 1. The number of rotatable bonds is 6. The molecule has 108 valence electrons. The van der Waals surface area contributed by atoms with Crippen LogP contribution < -0.4 is 4.72 Å². The van der Waals surface area contributed by atoms with Crippen molar-refractivity contribution in [3.05, 3.63) is 10.7 Å². The zero-order valence-corrected chi connectivity index (χ0v) is 13.3. The van der Waals surface area contributed by atoms with Gasteiger partial charge < -0.3 is 4.90 Å². The minimum Gasteiger partial charge on any atom is -0.342 e. The number of hydrogen-bond acceptors (Lipinski definition) is 5. The van der Waals surface area contributed by atoms with Crippen LogP contribution in [0.5, 0.6) is 0 Å². The quantitative estimate of drug-likeness (QED) is 0.855. The summed E-state index contributed by atoms with van der Waals surface area (Å²) in [6.07, 6.45) is 1.17. The Hall–Kier alpha value is -0.700. The van der Waals surface area contributed by atoms with Crippen molar-refractivity contribution in [1.82, 2.24) is 14.6 Å². The highest BCUT2D eigenvalue weighted by molar-refractivity contribution is 7.91. The number of carbonyl (C=O) groups excluding carboxylic acids is 1. The number of carbonyl (C=O) groups is 1. The number of nitrogens with zero attached hydrogens (tertiary/aromatic N) is 2. The molecule has 0 radical (unpaired) electrons. The van der Waals surface area contributed by atoms with Gasteiger partial charge in [-0.2, -0.15) is 4.72 Å². The fourth-order valence-corrected chi connectivity index (χ4v) is 4.02. The van der Waals surface area contributed by atoms with Gasteiger partial charge in [-0.05, 0) is 20.8 Å². The molecule has 0 bridgehead atoms. The van der Waals surface area contributed by atoms with Crippen molar-refractivity contribution >= 4 is 38.9 Å². The second-order valence-corrected chi connectivity index (χ2v) is 7.34. The number of sulfonamides is 1. The second-order valence-electron chi connectivity index (χ2n) is 3.79. The lowest BCUT2D eigenvalue weighted by Crippen LogP contribution is -2.46. The number of likely N-dealkylation sites (N-methyl/N-ethyl adjacent to an activating group) is 1. The van der Waals surface area contributed by atoms with Crippen molar-refractivity contribution in [1.29, 1.82) is 0 Å². The first-order valence-electron chi connectivity index (χ1n) is 5.74. The number of aromatic nitrogens is 1. The predicted octanol–water partition coefficient (Wildman–Crippen LogP) is 1.33. The van der Waals surface area contributed by atoms with Crippen molar-refractivity contribution < 1.29 is 13.2 Å². The van der Waals surface area contributed by atoms with E-state index in [4.69, 9.17) is 11.6 Å². The molecule has 0 saturated carbocycles. The summed E-state index contributed by atoms with van der Waals surface area (Å²) in [5.74, 6) is -0.260. The molecule has 1 atom stereocenters. The molecule has 1 N–H and O–H groups in total. The Balaban J connectivity index is 2.81. The van der Waals surface area contributed by atoms with E-state index < -0.39 is 16.1 Å². The summed E-state index contributed by atoms with van der Waals surface area (Å²) in [4.78, 5) is 17.2. The smallest absolute Gasteiger partial charge is 0.252 e. The molecule has 0 aliphatic heterocycles. The highest BCUT2D eigenvalue weighted by Gasteiger charge is 2.26. The molecule has 9 heteroatoms. The van der Waals surface area contributed by atoms with Gasteiger partial charge in [-0.25, -0.2) is 13.4 Å². The summed E-state index contributed by atoms with van der Waals surface area (Å²) in [5.41, 5.74) is 0. The molecule has 1 amide bonds. The molecule has 1 rings (SSSR count).